The van der Waals surface area contributed by atoms with Gasteiger partial charge in [-0.05, 0) is 12.1 Å². The highest BCUT2D eigenvalue weighted by atomic mass is 16.4. The average Bonchev–Trinajstić information content (AvgIpc) is 2.87. The first kappa shape index (κ1) is 10.0. The molecule has 0 radical (unpaired) electrons. The highest BCUT2D eigenvalue weighted by Gasteiger charge is 2.10. The molecular weight excluding hydrogens is 196 g/mol. The maximum Gasteiger partial charge on any atom is 0.132 e. The summed E-state index contributed by atoms with van der Waals surface area (Å²) in [4.78, 5) is 0. The predicted molar refractivity (Wildman–Crippen MR) is 52.1 cm³/mol. The first-order chi connectivity index (χ1) is 7.35. The highest BCUT2D eigenvalue weighted by molar-refractivity contribution is 5.28. The molecule has 0 bridgehead atoms. The molecule has 0 aliphatic rings. The number of aliphatic hydroxyl groups excluding tert-OH is 2. The summed E-state index contributed by atoms with van der Waals surface area (Å²) in [6.45, 7) is -0.233. The normalized spacial score (nSPS) is 10.8. The van der Waals surface area contributed by atoms with Crippen molar-refractivity contribution in [3.63, 3.8) is 0 Å². The molecule has 2 rings (SSSR count). The Kier molecular flexibility index (Phi) is 2.89. The summed E-state index contributed by atoms with van der Waals surface area (Å²) in [5.74, 6) is 1.11. The zero-order chi connectivity index (χ0) is 10.7. The van der Waals surface area contributed by atoms with Crippen molar-refractivity contribution in [2.24, 2.45) is 0 Å². The van der Waals surface area contributed by atoms with E-state index in [-0.39, 0.29) is 13.2 Å². The second kappa shape index (κ2) is 4.33. The molecule has 0 aliphatic carbocycles. The minimum absolute atomic E-state index is 0.116. The lowest BCUT2D eigenvalue weighted by atomic mass is 10.1. The van der Waals surface area contributed by atoms with Crippen molar-refractivity contribution in [2.45, 2.75) is 19.6 Å². The molecule has 2 N–H and O–H groups in total. The third-order valence-corrected chi connectivity index (χ3v) is 2.34. The third kappa shape index (κ3) is 1.95. The fourth-order valence-electron chi connectivity index (χ4n) is 1.53. The smallest absolute Gasteiger partial charge is 0.132 e. The fraction of sp³-hybridized carbons (Fsp3) is 0.273. The fourth-order valence-corrected chi connectivity index (χ4v) is 1.53. The summed E-state index contributed by atoms with van der Waals surface area (Å²) in [7, 11) is 0. The topological polar surface area (TPSA) is 66.7 Å². The molecule has 2 heterocycles. The van der Waals surface area contributed by atoms with E-state index in [4.69, 9.17) is 19.0 Å². The molecule has 0 atom stereocenters. The number of hydrogen-bond donors (Lipinski definition) is 2. The van der Waals surface area contributed by atoms with E-state index in [1.807, 2.05) is 0 Å². The standard InChI is InChI=1S/C11H12O4/c12-6-10-8(1-3-14-10)5-9-2-4-15-11(9)7-13/h1-4,12-13H,5-7H2. The van der Waals surface area contributed by atoms with Gasteiger partial charge in [0.15, 0.2) is 0 Å². The molecule has 4 heteroatoms. The van der Waals surface area contributed by atoms with E-state index < -0.39 is 0 Å². The van der Waals surface area contributed by atoms with Crippen molar-refractivity contribution in [2.75, 3.05) is 0 Å². The van der Waals surface area contributed by atoms with Gasteiger partial charge < -0.3 is 19.0 Å². The van der Waals surface area contributed by atoms with Gasteiger partial charge in [0.25, 0.3) is 0 Å². The molecule has 0 aromatic carbocycles. The molecule has 2 aromatic rings. The van der Waals surface area contributed by atoms with E-state index in [9.17, 15) is 0 Å². The Morgan fingerprint density at radius 1 is 0.867 bits per heavy atom. The monoisotopic (exact) mass is 208 g/mol. The van der Waals surface area contributed by atoms with Crippen molar-refractivity contribution >= 4 is 0 Å². The van der Waals surface area contributed by atoms with Gasteiger partial charge in [-0.25, -0.2) is 0 Å². The predicted octanol–water partition coefficient (Wildman–Crippen LogP) is 1.45. The summed E-state index contributed by atoms with van der Waals surface area (Å²) in [6, 6.07) is 3.61. The van der Waals surface area contributed by atoms with Crippen molar-refractivity contribution in [1.29, 1.82) is 0 Å². The van der Waals surface area contributed by atoms with E-state index in [0.29, 0.717) is 17.9 Å². The van der Waals surface area contributed by atoms with Crippen LogP contribution in [0.2, 0.25) is 0 Å². The Morgan fingerprint density at radius 3 is 1.73 bits per heavy atom. The Balaban J connectivity index is 2.21. The van der Waals surface area contributed by atoms with Gasteiger partial charge in [-0.3, -0.25) is 0 Å². The molecule has 0 amide bonds. The minimum atomic E-state index is -0.116. The SMILES string of the molecule is OCc1occc1Cc1ccoc1CO. The van der Waals surface area contributed by atoms with E-state index in [1.54, 1.807) is 24.7 Å². The number of furan rings is 2. The van der Waals surface area contributed by atoms with Gasteiger partial charge >= 0.3 is 0 Å². The van der Waals surface area contributed by atoms with Gasteiger partial charge in [0.1, 0.15) is 24.7 Å². The molecule has 0 saturated carbocycles. The zero-order valence-corrected chi connectivity index (χ0v) is 8.14. The van der Waals surface area contributed by atoms with E-state index >= 15 is 0 Å². The second-order valence-corrected chi connectivity index (χ2v) is 3.23. The Morgan fingerprint density at radius 2 is 1.33 bits per heavy atom. The molecular formula is C11H12O4. The van der Waals surface area contributed by atoms with Gasteiger partial charge in [0.2, 0.25) is 0 Å². The van der Waals surface area contributed by atoms with Crippen LogP contribution in [0.15, 0.2) is 33.5 Å². The number of hydrogen-bond acceptors (Lipinski definition) is 4. The molecule has 0 unspecified atom stereocenters. The second-order valence-electron chi connectivity index (χ2n) is 3.23. The molecule has 15 heavy (non-hydrogen) atoms. The molecule has 0 fully saturated rings. The van der Waals surface area contributed by atoms with Gasteiger partial charge in [-0.15, -0.1) is 0 Å². The van der Waals surface area contributed by atoms with Crippen LogP contribution in [0, 0.1) is 0 Å². The molecule has 0 saturated heterocycles. The average molecular weight is 208 g/mol. The van der Waals surface area contributed by atoms with Gasteiger partial charge in [-0.1, -0.05) is 0 Å². The van der Waals surface area contributed by atoms with Crippen LogP contribution in [-0.4, -0.2) is 10.2 Å². The van der Waals surface area contributed by atoms with E-state index in [0.717, 1.165) is 11.1 Å². The molecule has 4 nitrogen and oxygen atoms in total. The van der Waals surface area contributed by atoms with Crippen LogP contribution >= 0.6 is 0 Å². The lowest BCUT2D eigenvalue weighted by Gasteiger charge is -1.99. The molecule has 80 valence electrons. The first-order valence-electron chi connectivity index (χ1n) is 4.67. The van der Waals surface area contributed by atoms with Gasteiger partial charge in [0, 0.05) is 17.5 Å². The van der Waals surface area contributed by atoms with E-state index in [1.165, 1.54) is 0 Å². The minimum Gasteiger partial charge on any atom is -0.467 e. The van der Waals surface area contributed by atoms with Crippen LogP contribution in [0.3, 0.4) is 0 Å². The van der Waals surface area contributed by atoms with Crippen LogP contribution in [0.5, 0.6) is 0 Å². The van der Waals surface area contributed by atoms with Crippen molar-refractivity contribution in [3.05, 3.63) is 47.3 Å². The maximum atomic E-state index is 9.00. The van der Waals surface area contributed by atoms with Gasteiger partial charge in [0.05, 0.1) is 12.5 Å². The summed E-state index contributed by atoms with van der Waals surface area (Å²) in [6.07, 6.45) is 3.68. The Labute approximate surface area is 86.8 Å². The first-order valence-corrected chi connectivity index (χ1v) is 4.67. The van der Waals surface area contributed by atoms with Crippen LogP contribution in [0.1, 0.15) is 22.6 Å². The summed E-state index contributed by atoms with van der Waals surface area (Å²) in [5.41, 5.74) is 1.82. The lowest BCUT2D eigenvalue weighted by Crippen LogP contribution is -1.93. The lowest BCUT2D eigenvalue weighted by molar-refractivity contribution is 0.244. The van der Waals surface area contributed by atoms with Crippen LogP contribution in [0.4, 0.5) is 0 Å². The van der Waals surface area contributed by atoms with E-state index in [2.05, 4.69) is 0 Å². The number of rotatable bonds is 4. The van der Waals surface area contributed by atoms with Crippen LogP contribution in [-0.2, 0) is 19.6 Å². The molecule has 0 aliphatic heterocycles. The summed E-state index contributed by atoms with van der Waals surface area (Å²) < 4.78 is 10.2. The number of aliphatic hydroxyl groups is 2. The summed E-state index contributed by atoms with van der Waals surface area (Å²) in [5, 5.41) is 18.0. The summed E-state index contributed by atoms with van der Waals surface area (Å²) >= 11 is 0. The molecule has 2 aromatic heterocycles. The van der Waals surface area contributed by atoms with Crippen LogP contribution < -0.4 is 0 Å². The highest BCUT2D eigenvalue weighted by Crippen LogP contribution is 2.19. The third-order valence-electron chi connectivity index (χ3n) is 2.34. The maximum absolute atomic E-state index is 9.00. The van der Waals surface area contributed by atoms with Crippen molar-refractivity contribution in [1.82, 2.24) is 0 Å². The molecule has 0 spiro atoms. The Bertz CT molecular complexity index is 387. The van der Waals surface area contributed by atoms with Crippen molar-refractivity contribution in [3.8, 4) is 0 Å². The van der Waals surface area contributed by atoms with Crippen molar-refractivity contribution < 1.29 is 19.0 Å². The van der Waals surface area contributed by atoms with Crippen LogP contribution in [0.25, 0.3) is 0 Å². The van der Waals surface area contributed by atoms with Gasteiger partial charge in [-0.2, -0.15) is 0 Å². The Hall–Kier alpha value is -1.52. The largest absolute Gasteiger partial charge is 0.467 e. The quantitative estimate of drug-likeness (QED) is 0.798. The zero-order valence-electron chi connectivity index (χ0n) is 8.14.